The molecule has 0 saturated heterocycles. The van der Waals surface area contributed by atoms with Crippen LogP contribution in [0.25, 0.3) is 11.0 Å². The van der Waals surface area contributed by atoms with Gasteiger partial charge in [0, 0.05) is 12.1 Å². The van der Waals surface area contributed by atoms with Gasteiger partial charge in [-0.15, -0.1) is 0 Å². The van der Waals surface area contributed by atoms with Crippen LogP contribution >= 0.6 is 11.8 Å². The van der Waals surface area contributed by atoms with Gasteiger partial charge >= 0.3 is 6.61 Å². The maximum atomic E-state index is 12.3. The second-order valence-electron chi connectivity index (χ2n) is 5.08. The van der Waals surface area contributed by atoms with E-state index in [0.717, 1.165) is 0 Å². The molecule has 0 fully saturated rings. The number of H-pyrrole nitrogens is 1. The van der Waals surface area contributed by atoms with Gasteiger partial charge < -0.3 is 24.4 Å². The molecule has 0 saturated carbocycles. The molecule has 0 unspecified atom stereocenters. The largest absolute Gasteiger partial charge is 0.618 e. The fourth-order valence-electron chi connectivity index (χ4n) is 2.40. The summed E-state index contributed by atoms with van der Waals surface area (Å²) in [6.07, 6.45) is 1.34. The Balaban J connectivity index is 1.82. The molecule has 0 aliphatic heterocycles. The second kappa shape index (κ2) is 7.65. The van der Waals surface area contributed by atoms with E-state index in [1.165, 1.54) is 50.4 Å². The third-order valence-electron chi connectivity index (χ3n) is 3.54. The molecule has 26 heavy (non-hydrogen) atoms. The minimum Gasteiger partial charge on any atom is -0.618 e. The first-order chi connectivity index (χ1) is 12.5. The van der Waals surface area contributed by atoms with Crippen molar-refractivity contribution >= 4 is 22.8 Å². The molecular weight excluding hydrogens is 368 g/mol. The van der Waals surface area contributed by atoms with Crippen molar-refractivity contribution in [2.45, 2.75) is 17.5 Å². The van der Waals surface area contributed by atoms with Crippen LogP contribution in [0.15, 0.2) is 35.6 Å². The molecule has 3 aromatic rings. The summed E-state index contributed by atoms with van der Waals surface area (Å²) in [5.74, 6) is 1.10. The maximum Gasteiger partial charge on any atom is 0.387 e. The summed E-state index contributed by atoms with van der Waals surface area (Å²) in [7, 11) is 2.94. The molecule has 3 rings (SSSR count). The summed E-state index contributed by atoms with van der Waals surface area (Å²) in [5, 5.41) is 12.6. The predicted octanol–water partition coefficient (Wildman–Crippen LogP) is 3.11. The molecule has 0 amide bonds. The number of hydrogen-bond donors (Lipinski definition) is 1. The number of pyridine rings is 1. The first-order valence-electron chi connectivity index (χ1n) is 7.42. The minimum absolute atomic E-state index is 0.0300. The number of aromatic nitrogens is 3. The van der Waals surface area contributed by atoms with E-state index in [0.29, 0.717) is 38.1 Å². The fraction of sp³-hybridized carbons (Fsp3) is 0.250. The quantitative estimate of drug-likeness (QED) is 0.383. The number of nitrogens with one attached hydrogen (secondary N) is 1. The Labute approximate surface area is 151 Å². The summed E-state index contributed by atoms with van der Waals surface area (Å²) in [5.41, 5.74) is 1.53. The Morgan fingerprint density at radius 2 is 2.08 bits per heavy atom. The number of imidazole rings is 1. The summed E-state index contributed by atoms with van der Waals surface area (Å²) < 4.78 is 40.1. The molecule has 7 nitrogen and oxygen atoms in total. The summed E-state index contributed by atoms with van der Waals surface area (Å²) in [4.78, 5) is 7.38. The van der Waals surface area contributed by atoms with E-state index in [2.05, 4.69) is 14.7 Å². The molecule has 0 radical (unpaired) electrons. The smallest absolute Gasteiger partial charge is 0.387 e. The number of aromatic amines is 1. The molecular formula is C16H15F2N3O4S. The molecule has 0 bridgehead atoms. The Morgan fingerprint density at radius 1 is 1.27 bits per heavy atom. The van der Waals surface area contributed by atoms with Crippen LogP contribution in [-0.2, 0) is 5.75 Å². The van der Waals surface area contributed by atoms with Gasteiger partial charge in [0.2, 0.25) is 11.4 Å². The van der Waals surface area contributed by atoms with Gasteiger partial charge in [-0.2, -0.15) is 13.5 Å². The first-order valence-corrected chi connectivity index (χ1v) is 8.40. The summed E-state index contributed by atoms with van der Waals surface area (Å²) in [6, 6.07) is 5.97. The minimum atomic E-state index is -2.90. The average molecular weight is 383 g/mol. The molecule has 0 atom stereocenters. The molecule has 10 heteroatoms. The SMILES string of the molecule is COc1cc[n+]([O-])c(CSc2nc3cc(OC(F)F)ccc3[nH]2)c1OC. The van der Waals surface area contributed by atoms with Crippen LogP contribution < -0.4 is 18.9 Å². The monoisotopic (exact) mass is 383 g/mol. The van der Waals surface area contributed by atoms with Crippen LogP contribution in [0.3, 0.4) is 0 Å². The molecule has 0 aliphatic carbocycles. The van der Waals surface area contributed by atoms with Crippen LogP contribution in [0.5, 0.6) is 17.2 Å². The van der Waals surface area contributed by atoms with Gasteiger partial charge in [-0.25, -0.2) is 4.98 Å². The van der Waals surface area contributed by atoms with E-state index >= 15 is 0 Å². The highest BCUT2D eigenvalue weighted by molar-refractivity contribution is 7.98. The van der Waals surface area contributed by atoms with E-state index in [9.17, 15) is 14.0 Å². The highest BCUT2D eigenvalue weighted by Gasteiger charge is 2.20. The third kappa shape index (κ3) is 3.74. The van der Waals surface area contributed by atoms with Crippen LogP contribution in [0, 0.1) is 5.21 Å². The van der Waals surface area contributed by atoms with E-state index in [1.54, 1.807) is 6.07 Å². The Bertz CT molecular complexity index is 920. The molecule has 138 valence electrons. The zero-order chi connectivity index (χ0) is 18.7. The number of methoxy groups -OCH3 is 2. The number of benzene rings is 1. The van der Waals surface area contributed by atoms with Gasteiger partial charge in [0.1, 0.15) is 5.75 Å². The number of alkyl halides is 2. The van der Waals surface area contributed by atoms with Crippen molar-refractivity contribution in [3.63, 3.8) is 0 Å². The van der Waals surface area contributed by atoms with Crippen molar-refractivity contribution < 1.29 is 27.7 Å². The molecule has 1 aromatic carbocycles. The van der Waals surface area contributed by atoms with Crippen LogP contribution in [0.2, 0.25) is 0 Å². The lowest BCUT2D eigenvalue weighted by atomic mass is 10.3. The van der Waals surface area contributed by atoms with Crippen molar-refractivity contribution in [3.8, 4) is 17.2 Å². The molecule has 0 aliphatic rings. The molecule has 2 aromatic heterocycles. The van der Waals surface area contributed by atoms with E-state index < -0.39 is 6.61 Å². The standard InChI is InChI=1S/C16H15F2N3O4S/c1-23-13-5-6-21(22)12(14(13)24-2)8-26-16-19-10-4-3-9(25-15(17)18)7-11(10)20-16/h3-7,15H,8H2,1-2H3,(H,19,20). The molecule has 0 spiro atoms. The lowest BCUT2D eigenvalue weighted by Crippen LogP contribution is -2.31. The lowest BCUT2D eigenvalue weighted by Gasteiger charge is -2.11. The number of fused-ring (bicyclic) bond motifs is 1. The van der Waals surface area contributed by atoms with Gasteiger partial charge in [-0.05, 0) is 12.1 Å². The van der Waals surface area contributed by atoms with Crippen LogP contribution in [0.4, 0.5) is 8.78 Å². The lowest BCUT2D eigenvalue weighted by molar-refractivity contribution is -0.613. The van der Waals surface area contributed by atoms with Gasteiger partial charge in [0.15, 0.2) is 17.1 Å². The third-order valence-corrected chi connectivity index (χ3v) is 4.43. The zero-order valence-corrected chi connectivity index (χ0v) is 14.7. The highest BCUT2D eigenvalue weighted by atomic mass is 32.2. The van der Waals surface area contributed by atoms with Crippen LogP contribution in [0.1, 0.15) is 5.69 Å². The van der Waals surface area contributed by atoms with Gasteiger partial charge in [0.25, 0.3) is 0 Å². The Hall–Kier alpha value is -2.75. The van der Waals surface area contributed by atoms with Gasteiger partial charge in [-0.3, -0.25) is 0 Å². The molecule has 1 N–H and O–H groups in total. The topological polar surface area (TPSA) is 83.3 Å². The van der Waals surface area contributed by atoms with Crippen molar-refractivity contribution in [1.29, 1.82) is 0 Å². The normalized spacial score (nSPS) is 11.1. The van der Waals surface area contributed by atoms with Crippen molar-refractivity contribution in [1.82, 2.24) is 9.97 Å². The summed E-state index contributed by atoms with van der Waals surface area (Å²) in [6.45, 7) is -2.90. The number of thioether (sulfide) groups is 1. The van der Waals surface area contributed by atoms with Crippen LogP contribution in [-0.4, -0.2) is 30.8 Å². The van der Waals surface area contributed by atoms with Gasteiger partial charge in [0.05, 0.1) is 31.0 Å². The van der Waals surface area contributed by atoms with Crippen molar-refractivity contribution in [2.75, 3.05) is 14.2 Å². The maximum absolute atomic E-state index is 12.3. The second-order valence-corrected chi connectivity index (χ2v) is 6.04. The van der Waals surface area contributed by atoms with Crippen molar-refractivity contribution in [3.05, 3.63) is 41.4 Å². The number of rotatable bonds is 7. The predicted molar refractivity (Wildman–Crippen MR) is 90.8 cm³/mol. The van der Waals surface area contributed by atoms with Gasteiger partial charge in [-0.1, -0.05) is 11.8 Å². The highest BCUT2D eigenvalue weighted by Crippen LogP contribution is 2.32. The average Bonchev–Trinajstić information content (AvgIpc) is 3.01. The number of nitrogens with zero attached hydrogens (tertiary/aromatic N) is 2. The summed E-state index contributed by atoms with van der Waals surface area (Å²) >= 11 is 1.27. The van der Waals surface area contributed by atoms with E-state index in [1.807, 2.05) is 0 Å². The fourth-order valence-corrected chi connectivity index (χ4v) is 3.27. The first kappa shape index (κ1) is 18.1. The number of ether oxygens (including phenoxy) is 3. The number of halogens is 2. The van der Waals surface area contributed by atoms with E-state index in [4.69, 9.17) is 9.47 Å². The van der Waals surface area contributed by atoms with Crippen molar-refractivity contribution in [2.24, 2.45) is 0 Å². The Kier molecular flexibility index (Phi) is 5.31. The molecule has 2 heterocycles. The zero-order valence-electron chi connectivity index (χ0n) is 13.9. The van der Waals surface area contributed by atoms with E-state index in [-0.39, 0.29) is 11.5 Å². The number of hydrogen-bond acceptors (Lipinski definition) is 6. The Morgan fingerprint density at radius 3 is 2.77 bits per heavy atom.